The first kappa shape index (κ1) is 24.5. The number of pyridine rings is 2. The predicted molar refractivity (Wildman–Crippen MR) is 162 cm³/mol. The van der Waals surface area contributed by atoms with E-state index < -0.39 is 0 Å². The third kappa shape index (κ3) is 3.85. The van der Waals surface area contributed by atoms with Gasteiger partial charge in [-0.25, -0.2) is 15.0 Å². The van der Waals surface area contributed by atoms with Crippen molar-refractivity contribution in [3.8, 4) is 28.3 Å². The van der Waals surface area contributed by atoms with Gasteiger partial charge < -0.3 is 21.5 Å². The number of hydrogen-bond acceptors (Lipinski definition) is 7. The van der Waals surface area contributed by atoms with E-state index >= 15 is 0 Å². The molecular weight excluding hydrogens is 510 g/mol. The summed E-state index contributed by atoms with van der Waals surface area (Å²) in [4.78, 5) is 16.9. The molecule has 8 heteroatoms. The normalized spacial score (nSPS) is 22.8. The number of anilines is 2. The smallest absolute Gasteiger partial charge is 0.165 e. The minimum Gasteiger partial charge on any atom is -0.391 e. The summed E-state index contributed by atoms with van der Waals surface area (Å²) < 4.78 is 2.07. The van der Waals surface area contributed by atoms with E-state index in [1.807, 2.05) is 24.3 Å². The van der Waals surface area contributed by atoms with E-state index in [2.05, 4.69) is 63.0 Å². The van der Waals surface area contributed by atoms with Crippen LogP contribution in [-0.2, 0) is 5.54 Å². The second-order valence-corrected chi connectivity index (χ2v) is 11.9. The molecule has 2 saturated heterocycles. The number of nitrogen functional groups attached to an aromatic ring is 1. The molecule has 5 aromatic rings. The molecule has 0 amide bonds. The Bertz CT molecular complexity index is 1770. The lowest BCUT2D eigenvalue weighted by Crippen LogP contribution is -2.43. The molecule has 1 aliphatic carbocycles. The van der Waals surface area contributed by atoms with Gasteiger partial charge in [0.25, 0.3) is 0 Å². The topological polar surface area (TPSA) is 119 Å². The number of imidazole rings is 1. The third-order valence-corrected chi connectivity index (χ3v) is 9.47. The lowest BCUT2D eigenvalue weighted by atomic mass is 9.73. The summed E-state index contributed by atoms with van der Waals surface area (Å²) >= 11 is 0. The number of fused-ring (bicyclic) bond motifs is 3. The Kier molecular flexibility index (Phi) is 5.46. The van der Waals surface area contributed by atoms with Crippen LogP contribution < -0.4 is 16.4 Å². The Labute approximate surface area is 238 Å². The van der Waals surface area contributed by atoms with Crippen LogP contribution in [0.5, 0.6) is 0 Å². The first-order valence-electron chi connectivity index (χ1n) is 14.6. The summed E-state index contributed by atoms with van der Waals surface area (Å²) in [5.41, 5.74) is 20.2. The average molecular weight is 544 g/mol. The second kappa shape index (κ2) is 9.12. The molecule has 3 unspecified atom stereocenters. The molecule has 2 bridgehead atoms. The van der Waals surface area contributed by atoms with E-state index in [4.69, 9.17) is 21.4 Å². The number of aliphatic hydroxyl groups is 1. The molecule has 0 radical (unpaired) electrons. The van der Waals surface area contributed by atoms with E-state index in [0.717, 1.165) is 77.0 Å². The molecule has 206 valence electrons. The van der Waals surface area contributed by atoms with Crippen LogP contribution in [0.15, 0.2) is 79.0 Å². The van der Waals surface area contributed by atoms with Crippen LogP contribution in [0.25, 0.3) is 39.5 Å². The highest BCUT2D eigenvalue weighted by molar-refractivity contribution is 5.85. The number of hydrogen-bond donors (Lipinski definition) is 3. The van der Waals surface area contributed by atoms with Crippen molar-refractivity contribution >= 4 is 22.7 Å². The highest BCUT2D eigenvalue weighted by atomic mass is 16.3. The monoisotopic (exact) mass is 543 g/mol. The standard InChI is InChI=1S/C33H33N7O/c34-30-25(6-2-17-36-30)31-38-27-13-12-26(20-4-1-5-23(18-20)39-24-11-14-28(39)29(41)19-24)37-32(27)40(31)22-9-7-21(8-10-22)33(35)15-3-16-33/h1-2,4-10,12-13,17-18,24,28-29,41H,3,11,14-16,19,35H2,(H2,34,36). The summed E-state index contributed by atoms with van der Waals surface area (Å²) in [7, 11) is 0. The van der Waals surface area contributed by atoms with Crippen molar-refractivity contribution in [2.45, 2.75) is 62.3 Å². The van der Waals surface area contributed by atoms with Crippen molar-refractivity contribution in [3.63, 3.8) is 0 Å². The molecule has 3 fully saturated rings. The zero-order valence-corrected chi connectivity index (χ0v) is 22.8. The van der Waals surface area contributed by atoms with Gasteiger partial charge in [0.1, 0.15) is 11.3 Å². The summed E-state index contributed by atoms with van der Waals surface area (Å²) in [6, 6.07) is 25.5. The van der Waals surface area contributed by atoms with E-state index in [1.54, 1.807) is 6.20 Å². The molecule has 3 aliphatic rings. The highest BCUT2D eigenvalue weighted by Gasteiger charge is 2.45. The third-order valence-electron chi connectivity index (χ3n) is 9.47. The molecule has 8 nitrogen and oxygen atoms in total. The molecule has 1 saturated carbocycles. The summed E-state index contributed by atoms with van der Waals surface area (Å²) in [5.74, 6) is 1.12. The van der Waals surface area contributed by atoms with Gasteiger partial charge >= 0.3 is 0 Å². The minimum absolute atomic E-state index is 0.204. The molecule has 5 heterocycles. The number of benzene rings is 2. The van der Waals surface area contributed by atoms with Gasteiger partial charge in [-0.15, -0.1) is 0 Å². The Hall–Kier alpha value is -4.27. The number of rotatable bonds is 5. The van der Waals surface area contributed by atoms with Gasteiger partial charge in [-0.05, 0) is 92.6 Å². The number of aromatic nitrogens is 4. The van der Waals surface area contributed by atoms with Crippen LogP contribution in [0.1, 0.15) is 44.1 Å². The molecule has 3 aromatic heterocycles. The molecular formula is C33H33N7O. The van der Waals surface area contributed by atoms with Gasteiger partial charge in [-0.3, -0.25) is 4.57 Å². The fourth-order valence-corrected chi connectivity index (χ4v) is 7.12. The second-order valence-electron chi connectivity index (χ2n) is 11.9. The molecule has 2 aromatic carbocycles. The van der Waals surface area contributed by atoms with Crippen molar-refractivity contribution in [2.24, 2.45) is 5.73 Å². The van der Waals surface area contributed by atoms with Gasteiger partial charge in [0, 0.05) is 34.7 Å². The maximum atomic E-state index is 10.5. The maximum Gasteiger partial charge on any atom is 0.165 e. The number of nitrogens with two attached hydrogens (primary N) is 2. The molecule has 0 spiro atoms. The van der Waals surface area contributed by atoms with Crippen LogP contribution in [0, 0.1) is 0 Å². The Morgan fingerprint density at radius 2 is 1.76 bits per heavy atom. The van der Waals surface area contributed by atoms with Gasteiger partial charge in [-0.2, -0.15) is 0 Å². The van der Waals surface area contributed by atoms with Gasteiger partial charge in [0.15, 0.2) is 11.5 Å². The number of aliphatic hydroxyl groups excluding tert-OH is 1. The SMILES string of the molecule is Nc1ncccc1-c1nc2ccc(-c3cccc(N4C5CCC4C(O)C5)c3)nc2n1-c1ccc(C2(N)CCC2)cc1. The molecule has 3 atom stereocenters. The number of nitrogens with zero attached hydrogens (tertiary/aromatic N) is 5. The Morgan fingerprint density at radius 3 is 2.46 bits per heavy atom. The lowest BCUT2D eigenvalue weighted by Gasteiger charge is -2.38. The lowest BCUT2D eigenvalue weighted by molar-refractivity contribution is 0.147. The summed E-state index contributed by atoms with van der Waals surface area (Å²) in [6.45, 7) is 0. The average Bonchev–Trinajstić information content (AvgIpc) is 3.66. The fraction of sp³-hybridized carbons (Fsp3) is 0.303. The minimum atomic E-state index is -0.246. The van der Waals surface area contributed by atoms with Crippen molar-refractivity contribution < 1.29 is 5.11 Å². The van der Waals surface area contributed by atoms with E-state index in [9.17, 15) is 5.11 Å². The van der Waals surface area contributed by atoms with Gasteiger partial charge in [0.05, 0.1) is 23.4 Å². The summed E-state index contributed by atoms with van der Waals surface area (Å²) in [5, 5.41) is 10.5. The fourth-order valence-electron chi connectivity index (χ4n) is 7.12. The predicted octanol–water partition coefficient (Wildman–Crippen LogP) is 5.17. The van der Waals surface area contributed by atoms with Crippen LogP contribution >= 0.6 is 0 Å². The molecule has 8 rings (SSSR count). The van der Waals surface area contributed by atoms with E-state index in [-0.39, 0.29) is 17.7 Å². The van der Waals surface area contributed by atoms with Crippen LogP contribution in [-0.4, -0.2) is 42.8 Å². The van der Waals surface area contributed by atoms with E-state index in [1.165, 1.54) is 6.42 Å². The van der Waals surface area contributed by atoms with Gasteiger partial charge in [0.2, 0.25) is 0 Å². The summed E-state index contributed by atoms with van der Waals surface area (Å²) in [6.07, 6.45) is 7.67. The van der Waals surface area contributed by atoms with Crippen LogP contribution in [0.4, 0.5) is 11.5 Å². The van der Waals surface area contributed by atoms with Gasteiger partial charge in [-0.1, -0.05) is 24.3 Å². The molecule has 5 N–H and O–H groups in total. The first-order valence-corrected chi connectivity index (χ1v) is 14.6. The zero-order chi connectivity index (χ0) is 27.7. The molecule has 41 heavy (non-hydrogen) atoms. The quantitative estimate of drug-likeness (QED) is 0.280. The Balaban J connectivity index is 1.25. The largest absolute Gasteiger partial charge is 0.391 e. The van der Waals surface area contributed by atoms with Crippen molar-refractivity contribution in [3.05, 3.63) is 84.6 Å². The van der Waals surface area contributed by atoms with Crippen molar-refractivity contribution in [1.29, 1.82) is 0 Å². The van der Waals surface area contributed by atoms with E-state index in [0.29, 0.717) is 17.7 Å². The highest BCUT2D eigenvalue weighted by Crippen LogP contribution is 2.42. The first-order chi connectivity index (χ1) is 20.0. The van der Waals surface area contributed by atoms with Crippen LogP contribution in [0.3, 0.4) is 0 Å². The zero-order valence-electron chi connectivity index (χ0n) is 22.8. The maximum absolute atomic E-state index is 10.5. The van der Waals surface area contributed by atoms with Crippen LogP contribution in [0.2, 0.25) is 0 Å². The van der Waals surface area contributed by atoms with Crippen molar-refractivity contribution in [2.75, 3.05) is 10.6 Å². The Morgan fingerprint density at radius 1 is 0.902 bits per heavy atom. The molecule has 2 aliphatic heterocycles. The van der Waals surface area contributed by atoms with Crippen molar-refractivity contribution in [1.82, 2.24) is 19.5 Å².